The van der Waals surface area contributed by atoms with Crippen molar-refractivity contribution in [2.24, 2.45) is 0 Å². The molecule has 0 aliphatic carbocycles. The highest BCUT2D eigenvalue weighted by Crippen LogP contribution is 2.15. The smallest absolute Gasteiger partial charge is 0.0271 e. The highest BCUT2D eigenvalue weighted by atomic mass is 31.0. The number of hydrogen-bond donors (Lipinski definition) is 0. The summed E-state index contributed by atoms with van der Waals surface area (Å²) in [5, 5.41) is 1.34. The summed E-state index contributed by atoms with van der Waals surface area (Å²) < 4.78 is 0. The van der Waals surface area contributed by atoms with Gasteiger partial charge < -0.3 is 0 Å². The summed E-state index contributed by atoms with van der Waals surface area (Å²) in [7, 11) is 2.79. The molecule has 12 heavy (non-hydrogen) atoms. The van der Waals surface area contributed by atoms with Gasteiger partial charge in [0, 0.05) is 0 Å². The van der Waals surface area contributed by atoms with Crippen molar-refractivity contribution in [1.82, 2.24) is 0 Å². The van der Waals surface area contributed by atoms with E-state index in [0.717, 1.165) is 12.8 Å². The molecule has 0 fully saturated rings. The summed E-state index contributed by atoms with van der Waals surface area (Å²) in [5.41, 5.74) is 4.48. The van der Waals surface area contributed by atoms with Gasteiger partial charge >= 0.3 is 0 Å². The van der Waals surface area contributed by atoms with E-state index in [9.17, 15) is 0 Å². The van der Waals surface area contributed by atoms with Crippen LogP contribution < -0.4 is 5.30 Å². The predicted octanol–water partition coefficient (Wildman–Crippen LogP) is 2.62. The SMILES string of the molecule is CCc1ccc(P)c(C)c1CC. The third-order valence-electron chi connectivity index (χ3n) is 2.47. The number of hydrogen-bond acceptors (Lipinski definition) is 0. The molecule has 1 rings (SSSR count). The monoisotopic (exact) mass is 180 g/mol. The lowest BCUT2D eigenvalue weighted by atomic mass is 9.98. The summed E-state index contributed by atoms with van der Waals surface area (Å²) in [6.07, 6.45) is 2.30. The molecule has 0 spiro atoms. The first kappa shape index (κ1) is 9.74. The zero-order valence-electron chi connectivity index (χ0n) is 8.15. The Labute approximate surface area is 77.6 Å². The van der Waals surface area contributed by atoms with Crippen LogP contribution in [0, 0.1) is 6.92 Å². The second-order valence-corrected chi connectivity index (χ2v) is 3.75. The van der Waals surface area contributed by atoms with Gasteiger partial charge in [-0.25, -0.2) is 0 Å². The van der Waals surface area contributed by atoms with E-state index < -0.39 is 0 Å². The van der Waals surface area contributed by atoms with Crippen molar-refractivity contribution in [2.45, 2.75) is 33.6 Å². The minimum Gasteiger partial charge on any atom is -0.105 e. The van der Waals surface area contributed by atoms with Gasteiger partial charge in [-0.15, -0.1) is 9.24 Å². The largest absolute Gasteiger partial charge is 0.105 e. The summed E-state index contributed by atoms with van der Waals surface area (Å²) in [5.74, 6) is 0. The molecule has 0 amide bonds. The Morgan fingerprint density at radius 3 is 2.33 bits per heavy atom. The van der Waals surface area contributed by atoms with Gasteiger partial charge in [-0.1, -0.05) is 26.0 Å². The van der Waals surface area contributed by atoms with Crippen LogP contribution in [0.25, 0.3) is 0 Å². The lowest BCUT2D eigenvalue weighted by Crippen LogP contribution is -2.04. The van der Waals surface area contributed by atoms with Gasteiger partial charge in [0.1, 0.15) is 0 Å². The molecule has 0 radical (unpaired) electrons. The Morgan fingerprint density at radius 2 is 1.83 bits per heavy atom. The average molecular weight is 180 g/mol. The fourth-order valence-electron chi connectivity index (χ4n) is 1.65. The van der Waals surface area contributed by atoms with Crippen LogP contribution in [0.2, 0.25) is 0 Å². The number of aryl methyl sites for hydroxylation is 1. The van der Waals surface area contributed by atoms with Crippen molar-refractivity contribution in [3.05, 3.63) is 28.8 Å². The van der Waals surface area contributed by atoms with E-state index in [1.807, 2.05) is 0 Å². The maximum atomic E-state index is 2.79. The van der Waals surface area contributed by atoms with E-state index in [1.165, 1.54) is 22.0 Å². The fourth-order valence-corrected chi connectivity index (χ4v) is 1.92. The molecule has 0 heterocycles. The average Bonchev–Trinajstić information content (AvgIpc) is 2.09. The van der Waals surface area contributed by atoms with E-state index in [-0.39, 0.29) is 0 Å². The van der Waals surface area contributed by atoms with Crippen LogP contribution in [0.3, 0.4) is 0 Å². The second-order valence-electron chi connectivity index (χ2n) is 3.12. The Kier molecular flexibility index (Phi) is 3.29. The van der Waals surface area contributed by atoms with Crippen molar-refractivity contribution in [3.63, 3.8) is 0 Å². The van der Waals surface area contributed by atoms with Gasteiger partial charge in [0.15, 0.2) is 0 Å². The van der Waals surface area contributed by atoms with Crippen molar-refractivity contribution >= 4 is 14.5 Å². The molecule has 0 saturated carbocycles. The molecule has 0 bridgehead atoms. The van der Waals surface area contributed by atoms with Crippen LogP contribution in [-0.2, 0) is 12.8 Å². The Bertz CT molecular complexity index is 277. The van der Waals surface area contributed by atoms with Gasteiger partial charge in [-0.2, -0.15) is 0 Å². The van der Waals surface area contributed by atoms with Crippen LogP contribution in [0.5, 0.6) is 0 Å². The first-order chi connectivity index (χ1) is 5.70. The van der Waals surface area contributed by atoms with Gasteiger partial charge in [0.2, 0.25) is 0 Å². The van der Waals surface area contributed by atoms with Crippen LogP contribution in [0.15, 0.2) is 12.1 Å². The summed E-state index contributed by atoms with van der Waals surface area (Å²) >= 11 is 0. The molecule has 1 aromatic carbocycles. The second kappa shape index (κ2) is 4.05. The zero-order valence-corrected chi connectivity index (χ0v) is 9.30. The fraction of sp³-hybridized carbons (Fsp3) is 0.455. The van der Waals surface area contributed by atoms with Crippen molar-refractivity contribution in [2.75, 3.05) is 0 Å². The molecule has 0 aliphatic rings. The third-order valence-corrected chi connectivity index (χ3v) is 3.10. The van der Waals surface area contributed by atoms with E-state index in [2.05, 4.69) is 42.1 Å². The predicted molar refractivity (Wildman–Crippen MR) is 59.3 cm³/mol. The van der Waals surface area contributed by atoms with Crippen molar-refractivity contribution < 1.29 is 0 Å². The van der Waals surface area contributed by atoms with Crippen LogP contribution in [0.1, 0.15) is 30.5 Å². The quantitative estimate of drug-likeness (QED) is 0.614. The summed E-state index contributed by atoms with van der Waals surface area (Å²) in [4.78, 5) is 0. The molecule has 66 valence electrons. The highest BCUT2D eigenvalue weighted by Gasteiger charge is 2.03. The molecule has 1 aromatic rings. The molecule has 0 N–H and O–H groups in total. The lowest BCUT2D eigenvalue weighted by molar-refractivity contribution is 1.02. The first-order valence-electron chi connectivity index (χ1n) is 4.57. The standard InChI is InChI=1S/C11H17P/c1-4-9-6-7-11(12)8(3)10(9)5-2/h6-7H,4-5,12H2,1-3H3. The molecular formula is C11H17P. The molecular weight excluding hydrogens is 163 g/mol. The molecule has 0 aromatic heterocycles. The van der Waals surface area contributed by atoms with E-state index >= 15 is 0 Å². The van der Waals surface area contributed by atoms with Crippen molar-refractivity contribution in [1.29, 1.82) is 0 Å². The Hall–Kier alpha value is -0.350. The Balaban J connectivity index is 3.25. The number of rotatable bonds is 2. The normalized spacial score (nSPS) is 10.3. The van der Waals surface area contributed by atoms with Crippen LogP contribution in [0.4, 0.5) is 0 Å². The minimum absolute atomic E-state index is 1.15. The third kappa shape index (κ3) is 1.69. The van der Waals surface area contributed by atoms with Gasteiger partial charge in [0.25, 0.3) is 0 Å². The lowest BCUT2D eigenvalue weighted by Gasteiger charge is -2.11. The van der Waals surface area contributed by atoms with Crippen LogP contribution in [-0.4, -0.2) is 0 Å². The maximum absolute atomic E-state index is 2.79. The van der Waals surface area contributed by atoms with Crippen molar-refractivity contribution in [3.8, 4) is 0 Å². The van der Waals surface area contributed by atoms with Gasteiger partial charge in [-0.3, -0.25) is 0 Å². The van der Waals surface area contributed by atoms with E-state index in [4.69, 9.17) is 0 Å². The number of benzene rings is 1. The van der Waals surface area contributed by atoms with Gasteiger partial charge in [0.05, 0.1) is 0 Å². The summed E-state index contributed by atoms with van der Waals surface area (Å²) in [6.45, 7) is 6.66. The molecule has 0 aliphatic heterocycles. The zero-order chi connectivity index (χ0) is 9.14. The Morgan fingerprint density at radius 1 is 1.17 bits per heavy atom. The van der Waals surface area contributed by atoms with Crippen LogP contribution >= 0.6 is 9.24 Å². The molecule has 1 atom stereocenters. The highest BCUT2D eigenvalue weighted by molar-refractivity contribution is 7.27. The van der Waals surface area contributed by atoms with Gasteiger partial charge in [-0.05, 0) is 41.8 Å². The van der Waals surface area contributed by atoms with E-state index in [1.54, 1.807) is 0 Å². The van der Waals surface area contributed by atoms with E-state index in [0.29, 0.717) is 0 Å². The molecule has 1 unspecified atom stereocenters. The minimum atomic E-state index is 1.15. The molecule has 0 nitrogen and oxygen atoms in total. The molecule has 1 heteroatoms. The topological polar surface area (TPSA) is 0 Å². The summed E-state index contributed by atoms with van der Waals surface area (Å²) in [6, 6.07) is 4.44. The molecule has 0 saturated heterocycles. The first-order valence-corrected chi connectivity index (χ1v) is 5.15. The maximum Gasteiger partial charge on any atom is -0.0271 e.